The van der Waals surface area contributed by atoms with E-state index < -0.39 is 18.9 Å². The lowest BCUT2D eigenvalue weighted by atomic mass is 10.4. The fourth-order valence-electron chi connectivity index (χ4n) is 0.509. The van der Waals surface area contributed by atoms with E-state index in [0.29, 0.717) is 0 Å². The number of carbonyl (C=O) groups is 1. The summed E-state index contributed by atoms with van der Waals surface area (Å²) in [4.78, 5) is 10.6. The summed E-state index contributed by atoms with van der Waals surface area (Å²) in [5, 5.41) is 2.12. The molecule has 0 aromatic carbocycles. The summed E-state index contributed by atoms with van der Waals surface area (Å²) in [5.41, 5.74) is 0. The highest BCUT2D eigenvalue weighted by Crippen LogP contribution is 2.14. The van der Waals surface area contributed by atoms with Gasteiger partial charge in [-0.1, -0.05) is 0 Å². The van der Waals surface area contributed by atoms with E-state index in [1.165, 1.54) is 7.11 Å². The van der Waals surface area contributed by atoms with Crippen molar-refractivity contribution in [1.82, 2.24) is 5.32 Å². The zero-order valence-corrected chi connectivity index (χ0v) is 7.85. The van der Waals surface area contributed by atoms with Crippen LogP contribution in [0, 0.1) is 0 Å². The summed E-state index contributed by atoms with van der Waals surface area (Å²) in [5.74, 6) is 0. The second-order valence-electron chi connectivity index (χ2n) is 2.62. The summed E-state index contributed by atoms with van der Waals surface area (Å²) in [6.45, 7) is 0.178. The summed E-state index contributed by atoms with van der Waals surface area (Å²) in [6.07, 6.45) is -5.87. The molecule has 0 radical (unpaired) electrons. The smallest absolute Gasteiger partial charge is 0.422 e. The van der Waals surface area contributed by atoms with Crippen LogP contribution in [0.2, 0.25) is 0 Å². The van der Waals surface area contributed by atoms with Gasteiger partial charge in [0.15, 0.2) is 6.61 Å². The molecule has 0 saturated carbocycles. The van der Waals surface area contributed by atoms with Gasteiger partial charge in [0.05, 0.1) is 6.10 Å². The van der Waals surface area contributed by atoms with Crippen LogP contribution in [0.4, 0.5) is 18.0 Å². The minimum absolute atomic E-state index is 0.104. The van der Waals surface area contributed by atoms with E-state index in [0.717, 1.165) is 0 Å². The van der Waals surface area contributed by atoms with Gasteiger partial charge in [0.2, 0.25) is 0 Å². The molecule has 0 spiro atoms. The van der Waals surface area contributed by atoms with Gasteiger partial charge in [0.1, 0.15) is 0 Å². The van der Waals surface area contributed by atoms with Gasteiger partial charge in [-0.25, -0.2) is 4.79 Å². The van der Waals surface area contributed by atoms with Crippen LogP contribution in [0.3, 0.4) is 0 Å². The topological polar surface area (TPSA) is 47.6 Å². The standard InChI is InChI=1S/C7H12F3NO3/c1-5(13-2)3-11-6(12)14-4-7(8,9)10/h5H,3-4H2,1-2H3,(H,11,12). The lowest BCUT2D eigenvalue weighted by molar-refractivity contribution is -0.160. The fourth-order valence-corrected chi connectivity index (χ4v) is 0.509. The zero-order valence-electron chi connectivity index (χ0n) is 7.85. The Morgan fingerprint density at radius 2 is 2.07 bits per heavy atom. The quantitative estimate of drug-likeness (QED) is 0.769. The van der Waals surface area contributed by atoms with Gasteiger partial charge >= 0.3 is 12.3 Å². The highest BCUT2D eigenvalue weighted by Gasteiger charge is 2.29. The van der Waals surface area contributed by atoms with E-state index in [1.54, 1.807) is 6.92 Å². The molecular weight excluding hydrogens is 203 g/mol. The largest absolute Gasteiger partial charge is 0.440 e. The number of halogens is 3. The van der Waals surface area contributed by atoms with Gasteiger partial charge in [-0.15, -0.1) is 0 Å². The molecule has 0 rings (SSSR count). The highest BCUT2D eigenvalue weighted by atomic mass is 19.4. The number of amides is 1. The summed E-state index contributed by atoms with van der Waals surface area (Å²) >= 11 is 0. The van der Waals surface area contributed by atoms with E-state index >= 15 is 0 Å². The molecule has 1 atom stereocenters. The Labute approximate surface area is 79.4 Å². The van der Waals surface area contributed by atoms with Gasteiger partial charge in [-0.2, -0.15) is 13.2 Å². The number of hydrogen-bond donors (Lipinski definition) is 1. The van der Waals surface area contributed by atoms with E-state index in [4.69, 9.17) is 4.74 Å². The Morgan fingerprint density at radius 3 is 2.50 bits per heavy atom. The summed E-state index contributed by atoms with van der Waals surface area (Å²) < 4.78 is 43.3. The van der Waals surface area contributed by atoms with Crippen LogP contribution in [0.5, 0.6) is 0 Å². The molecular formula is C7H12F3NO3. The Hall–Kier alpha value is -0.980. The van der Waals surface area contributed by atoms with Crippen molar-refractivity contribution in [3.8, 4) is 0 Å². The second-order valence-corrected chi connectivity index (χ2v) is 2.62. The van der Waals surface area contributed by atoms with Crippen molar-refractivity contribution in [2.75, 3.05) is 20.3 Å². The number of ether oxygens (including phenoxy) is 2. The van der Waals surface area contributed by atoms with E-state index in [1.807, 2.05) is 0 Å². The molecule has 1 unspecified atom stereocenters. The van der Waals surface area contributed by atoms with Crippen LogP contribution in [0.1, 0.15) is 6.92 Å². The normalized spacial score (nSPS) is 13.5. The third-order valence-electron chi connectivity index (χ3n) is 1.30. The maximum Gasteiger partial charge on any atom is 0.422 e. The molecule has 0 aliphatic rings. The average Bonchev–Trinajstić information content (AvgIpc) is 2.09. The first-order chi connectivity index (χ1) is 6.35. The minimum atomic E-state index is -4.50. The Morgan fingerprint density at radius 1 is 1.50 bits per heavy atom. The molecule has 84 valence electrons. The third kappa shape index (κ3) is 7.66. The maximum absolute atomic E-state index is 11.6. The number of carbonyl (C=O) groups excluding carboxylic acids is 1. The molecule has 1 N–H and O–H groups in total. The number of nitrogens with one attached hydrogen (secondary N) is 1. The van der Waals surface area contributed by atoms with E-state index in [9.17, 15) is 18.0 Å². The summed E-state index contributed by atoms with van der Waals surface area (Å²) in [6, 6.07) is 0. The molecule has 0 aromatic heterocycles. The molecule has 14 heavy (non-hydrogen) atoms. The van der Waals surface area contributed by atoms with Crippen LogP contribution >= 0.6 is 0 Å². The van der Waals surface area contributed by atoms with E-state index in [-0.39, 0.29) is 12.6 Å². The maximum atomic E-state index is 11.6. The van der Waals surface area contributed by atoms with Crippen molar-refractivity contribution in [1.29, 1.82) is 0 Å². The number of rotatable bonds is 4. The van der Waals surface area contributed by atoms with Crippen LogP contribution in [-0.4, -0.2) is 38.6 Å². The molecule has 0 saturated heterocycles. The first-order valence-electron chi connectivity index (χ1n) is 3.85. The van der Waals surface area contributed by atoms with Crippen LogP contribution in [0.15, 0.2) is 0 Å². The van der Waals surface area contributed by atoms with Crippen molar-refractivity contribution in [2.24, 2.45) is 0 Å². The SMILES string of the molecule is COC(C)CNC(=O)OCC(F)(F)F. The molecule has 0 aromatic rings. The van der Waals surface area contributed by atoms with Crippen molar-refractivity contribution in [3.63, 3.8) is 0 Å². The van der Waals surface area contributed by atoms with Crippen molar-refractivity contribution >= 4 is 6.09 Å². The molecule has 0 bridgehead atoms. The van der Waals surface area contributed by atoms with Gasteiger partial charge in [0.25, 0.3) is 0 Å². The number of methoxy groups -OCH3 is 1. The lowest BCUT2D eigenvalue weighted by Crippen LogP contribution is -2.34. The molecule has 0 fully saturated rings. The first-order valence-corrected chi connectivity index (χ1v) is 3.85. The Balaban J connectivity index is 3.57. The van der Waals surface area contributed by atoms with Crippen molar-refractivity contribution < 1.29 is 27.4 Å². The fraction of sp³-hybridized carbons (Fsp3) is 0.857. The predicted molar refractivity (Wildman–Crippen MR) is 41.9 cm³/mol. The van der Waals surface area contributed by atoms with Gasteiger partial charge in [0, 0.05) is 13.7 Å². The monoisotopic (exact) mass is 215 g/mol. The van der Waals surface area contributed by atoms with Gasteiger partial charge < -0.3 is 14.8 Å². The Kier molecular flexibility index (Phi) is 5.29. The van der Waals surface area contributed by atoms with Crippen LogP contribution in [0.25, 0.3) is 0 Å². The molecule has 4 nitrogen and oxygen atoms in total. The average molecular weight is 215 g/mol. The molecule has 0 aliphatic heterocycles. The molecule has 7 heteroatoms. The van der Waals surface area contributed by atoms with Crippen molar-refractivity contribution in [2.45, 2.75) is 19.2 Å². The van der Waals surface area contributed by atoms with Crippen molar-refractivity contribution in [3.05, 3.63) is 0 Å². The summed E-state index contributed by atoms with van der Waals surface area (Å²) in [7, 11) is 1.42. The van der Waals surface area contributed by atoms with E-state index in [2.05, 4.69) is 10.1 Å². The number of hydrogen-bond acceptors (Lipinski definition) is 3. The molecule has 0 heterocycles. The minimum Gasteiger partial charge on any atom is -0.440 e. The van der Waals surface area contributed by atoms with Crippen LogP contribution < -0.4 is 5.32 Å². The van der Waals surface area contributed by atoms with Crippen LogP contribution in [-0.2, 0) is 9.47 Å². The second kappa shape index (κ2) is 5.69. The third-order valence-corrected chi connectivity index (χ3v) is 1.30. The molecule has 1 amide bonds. The Bertz CT molecular complexity index is 184. The number of alkyl halides is 3. The molecule has 0 aliphatic carbocycles. The zero-order chi connectivity index (χ0) is 11.2. The highest BCUT2D eigenvalue weighted by molar-refractivity contribution is 5.67. The lowest BCUT2D eigenvalue weighted by Gasteiger charge is -2.11. The van der Waals surface area contributed by atoms with Gasteiger partial charge in [-0.3, -0.25) is 0 Å². The first kappa shape index (κ1) is 13.0. The number of alkyl carbamates (subject to hydrolysis) is 1. The predicted octanol–water partition coefficient (Wildman–Crippen LogP) is 1.31. The van der Waals surface area contributed by atoms with Gasteiger partial charge in [-0.05, 0) is 6.92 Å².